The van der Waals surface area contributed by atoms with Gasteiger partial charge in [0, 0.05) is 29.3 Å². The number of aryl methyl sites for hydroxylation is 2. The summed E-state index contributed by atoms with van der Waals surface area (Å²) in [5.41, 5.74) is 2.10. The van der Waals surface area contributed by atoms with Crippen LogP contribution in [0.25, 0.3) is 0 Å². The Hall–Kier alpha value is -2.28. The lowest BCUT2D eigenvalue weighted by molar-refractivity contribution is -0.137. The van der Waals surface area contributed by atoms with Crippen molar-refractivity contribution < 1.29 is 14.7 Å². The minimum Gasteiger partial charge on any atom is -0.481 e. The molecule has 21 heavy (non-hydrogen) atoms. The van der Waals surface area contributed by atoms with Crippen LogP contribution in [0.3, 0.4) is 0 Å². The molecule has 0 saturated carbocycles. The van der Waals surface area contributed by atoms with Crippen LogP contribution < -0.4 is 5.32 Å². The lowest BCUT2D eigenvalue weighted by atomic mass is 10.2. The zero-order valence-electron chi connectivity index (χ0n) is 11.5. The largest absolute Gasteiger partial charge is 0.481 e. The first-order valence-corrected chi connectivity index (χ1v) is 7.33. The third kappa shape index (κ3) is 4.64. The van der Waals surface area contributed by atoms with E-state index in [-0.39, 0.29) is 12.3 Å². The molecule has 2 aromatic rings. The number of amides is 1. The van der Waals surface area contributed by atoms with Crippen molar-refractivity contribution in [3.8, 4) is 0 Å². The first-order chi connectivity index (χ1) is 10.0. The Kier molecular flexibility index (Phi) is 4.99. The number of carboxylic acid groups (broad SMARTS) is 1. The van der Waals surface area contributed by atoms with E-state index in [1.165, 1.54) is 11.3 Å². The molecule has 0 bridgehead atoms. The molecule has 0 spiro atoms. The fraction of sp³-hybridized carbons (Fsp3) is 0.286. The number of thiazole rings is 1. The van der Waals surface area contributed by atoms with E-state index in [4.69, 9.17) is 5.11 Å². The fourth-order valence-electron chi connectivity index (χ4n) is 1.76. The second-order valence-electron chi connectivity index (χ2n) is 4.53. The molecule has 0 radical (unpaired) electrons. The number of carbonyl (C=O) groups excluding carboxylic acids is 1. The molecule has 110 valence electrons. The molecular weight excluding hydrogens is 290 g/mol. The van der Waals surface area contributed by atoms with Gasteiger partial charge in [-0.25, -0.2) is 4.98 Å². The average molecular weight is 305 g/mol. The van der Waals surface area contributed by atoms with Gasteiger partial charge in [0.15, 0.2) is 5.13 Å². The van der Waals surface area contributed by atoms with E-state index in [1.54, 1.807) is 18.3 Å². The molecule has 0 aliphatic heterocycles. The molecule has 2 N–H and O–H groups in total. The van der Waals surface area contributed by atoms with Gasteiger partial charge in [-0.3, -0.25) is 19.9 Å². The van der Waals surface area contributed by atoms with E-state index < -0.39 is 5.97 Å². The summed E-state index contributed by atoms with van der Waals surface area (Å²) in [7, 11) is 0. The van der Waals surface area contributed by atoms with Gasteiger partial charge in [-0.1, -0.05) is 0 Å². The SMILES string of the molecule is Cc1cc(C(=O)Nc2nc(CCCC(=O)O)cs2)ccn1. The zero-order valence-corrected chi connectivity index (χ0v) is 12.3. The topological polar surface area (TPSA) is 92.2 Å². The van der Waals surface area contributed by atoms with Gasteiger partial charge in [0.25, 0.3) is 5.91 Å². The number of pyridine rings is 1. The summed E-state index contributed by atoms with van der Waals surface area (Å²) < 4.78 is 0. The molecule has 2 aromatic heterocycles. The Bertz CT molecular complexity index is 654. The standard InChI is InChI=1S/C14H15N3O3S/c1-9-7-10(5-6-15-9)13(20)17-14-16-11(8-21-14)3-2-4-12(18)19/h5-8H,2-4H2,1H3,(H,18,19)(H,16,17,20). The van der Waals surface area contributed by atoms with Crippen LogP contribution in [0.5, 0.6) is 0 Å². The molecule has 0 aliphatic rings. The van der Waals surface area contributed by atoms with E-state index in [2.05, 4.69) is 15.3 Å². The maximum absolute atomic E-state index is 12.0. The van der Waals surface area contributed by atoms with Gasteiger partial charge >= 0.3 is 5.97 Å². The monoisotopic (exact) mass is 305 g/mol. The summed E-state index contributed by atoms with van der Waals surface area (Å²) in [6, 6.07) is 3.35. The number of rotatable bonds is 6. The van der Waals surface area contributed by atoms with Crippen LogP contribution in [0.4, 0.5) is 5.13 Å². The highest BCUT2D eigenvalue weighted by atomic mass is 32.1. The third-order valence-corrected chi connectivity index (χ3v) is 3.56. The number of aromatic nitrogens is 2. The summed E-state index contributed by atoms with van der Waals surface area (Å²) in [6.07, 6.45) is 2.84. The Balaban J connectivity index is 1.93. The van der Waals surface area contributed by atoms with Crippen molar-refractivity contribution in [3.05, 3.63) is 40.7 Å². The molecule has 6 nitrogen and oxygen atoms in total. The Labute approximate surface area is 125 Å². The van der Waals surface area contributed by atoms with Crippen LogP contribution in [0.2, 0.25) is 0 Å². The smallest absolute Gasteiger partial charge is 0.303 e. The van der Waals surface area contributed by atoms with Crippen LogP contribution >= 0.6 is 11.3 Å². The van der Waals surface area contributed by atoms with Crippen LogP contribution in [0.1, 0.15) is 34.6 Å². The first kappa shape index (κ1) is 15.1. The molecule has 7 heteroatoms. The fourth-order valence-corrected chi connectivity index (χ4v) is 2.50. The van der Waals surface area contributed by atoms with E-state index >= 15 is 0 Å². The van der Waals surface area contributed by atoms with Crippen LogP contribution in [0.15, 0.2) is 23.7 Å². The molecule has 2 heterocycles. The number of carbonyl (C=O) groups is 2. The minimum atomic E-state index is -0.813. The summed E-state index contributed by atoms with van der Waals surface area (Å²) >= 11 is 1.33. The molecule has 1 amide bonds. The lowest BCUT2D eigenvalue weighted by Gasteiger charge is -2.02. The second-order valence-corrected chi connectivity index (χ2v) is 5.39. The number of carboxylic acids is 1. The normalized spacial score (nSPS) is 10.3. The zero-order chi connectivity index (χ0) is 15.2. The van der Waals surface area contributed by atoms with Crippen molar-refractivity contribution in [2.45, 2.75) is 26.2 Å². The van der Waals surface area contributed by atoms with Gasteiger partial charge in [-0.2, -0.15) is 0 Å². The Morgan fingerprint density at radius 3 is 2.95 bits per heavy atom. The summed E-state index contributed by atoms with van der Waals surface area (Å²) in [5.74, 6) is -1.04. The number of anilines is 1. The maximum atomic E-state index is 12.0. The van der Waals surface area contributed by atoms with Crippen molar-refractivity contribution in [1.82, 2.24) is 9.97 Å². The second kappa shape index (κ2) is 6.94. The maximum Gasteiger partial charge on any atom is 0.303 e. The van der Waals surface area contributed by atoms with Gasteiger partial charge in [0.1, 0.15) is 0 Å². The highest BCUT2D eigenvalue weighted by Gasteiger charge is 2.09. The van der Waals surface area contributed by atoms with Crippen LogP contribution in [-0.4, -0.2) is 27.0 Å². The minimum absolute atomic E-state index is 0.121. The molecule has 0 unspecified atom stereocenters. The average Bonchev–Trinajstić information content (AvgIpc) is 2.86. The van der Waals surface area contributed by atoms with E-state index in [0.717, 1.165) is 11.4 Å². The molecular formula is C14H15N3O3S. The number of hydrogen-bond donors (Lipinski definition) is 2. The predicted molar refractivity (Wildman–Crippen MR) is 79.6 cm³/mol. The van der Waals surface area contributed by atoms with Crippen LogP contribution in [-0.2, 0) is 11.2 Å². The highest BCUT2D eigenvalue weighted by molar-refractivity contribution is 7.13. The van der Waals surface area contributed by atoms with Crippen molar-refractivity contribution in [1.29, 1.82) is 0 Å². The van der Waals surface area contributed by atoms with E-state index in [0.29, 0.717) is 23.5 Å². The third-order valence-electron chi connectivity index (χ3n) is 2.75. The lowest BCUT2D eigenvalue weighted by Crippen LogP contribution is -2.12. The van der Waals surface area contributed by atoms with Gasteiger partial charge < -0.3 is 5.11 Å². The van der Waals surface area contributed by atoms with E-state index in [1.807, 2.05) is 12.3 Å². The van der Waals surface area contributed by atoms with Gasteiger partial charge in [0.05, 0.1) is 5.69 Å². The quantitative estimate of drug-likeness (QED) is 0.855. The molecule has 0 atom stereocenters. The van der Waals surface area contributed by atoms with Gasteiger partial charge in [0.2, 0.25) is 0 Å². The molecule has 0 aromatic carbocycles. The predicted octanol–water partition coefficient (Wildman–Crippen LogP) is 2.51. The number of nitrogens with one attached hydrogen (secondary N) is 1. The molecule has 0 aliphatic carbocycles. The number of hydrogen-bond acceptors (Lipinski definition) is 5. The molecule has 0 saturated heterocycles. The highest BCUT2D eigenvalue weighted by Crippen LogP contribution is 2.18. The molecule has 0 fully saturated rings. The summed E-state index contributed by atoms with van der Waals surface area (Å²) in [4.78, 5) is 30.8. The summed E-state index contributed by atoms with van der Waals surface area (Å²) in [5, 5.41) is 13.7. The van der Waals surface area contributed by atoms with E-state index in [9.17, 15) is 9.59 Å². The van der Waals surface area contributed by atoms with Gasteiger partial charge in [-0.15, -0.1) is 11.3 Å². The van der Waals surface area contributed by atoms with Crippen molar-refractivity contribution in [2.24, 2.45) is 0 Å². The molecule has 2 rings (SSSR count). The van der Waals surface area contributed by atoms with Gasteiger partial charge in [-0.05, 0) is 31.9 Å². The number of aliphatic carboxylic acids is 1. The van der Waals surface area contributed by atoms with Crippen molar-refractivity contribution >= 4 is 28.3 Å². The first-order valence-electron chi connectivity index (χ1n) is 6.45. The number of nitrogens with zero attached hydrogens (tertiary/aromatic N) is 2. The Morgan fingerprint density at radius 2 is 2.24 bits per heavy atom. The van der Waals surface area contributed by atoms with Crippen molar-refractivity contribution in [2.75, 3.05) is 5.32 Å². The van der Waals surface area contributed by atoms with Crippen LogP contribution in [0, 0.1) is 6.92 Å². The summed E-state index contributed by atoms with van der Waals surface area (Å²) in [6.45, 7) is 1.82. The Morgan fingerprint density at radius 1 is 1.43 bits per heavy atom. The van der Waals surface area contributed by atoms with Crippen molar-refractivity contribution in [3.63, 3.8) is 0 Å².